The molecule has 1 N–H and O–H groups in total. The number of thiophene rings is 1. The second-order valence-electron chi connectivity index (χ2n) is 3.48. The first-order valence-corrected chi connectivity index (χ1v) is 7.38. The minimum atomic E-state index is -0.510. The Morgan fingerprint density at radius 3 is 2.58 bits per heavy atom. The van der Waals surface area contributed by atoms with Crippen molar-refractivity contribution in [2.75, 3.05) is 5.32 Å². The monoisotopic (exact) mass is 404 g/mol. The third kappa shape index (κ3) is 3.40. The van der Waals surface area contributed by atoms with E-state index in [0.29, 0.717) is 15.0 Å². The molecule has 0 saturated carbocycles. The number of carbonyl (C=O) groups is 1. The molecular weight excluding hydrogens is 400 g/mol. The summed E-state index contributed by atoms with van der Waals surface area (Å²) in [5, 5.41) is 13.3. The van der Waals surface area contributed by atoms with E-state index < -0.39 is 4.92 Å². The minimum Gasteiger partial charge on any atom is -0.320 e. The molecule has 0 unspecified atom stereocenters. The van der Waals surface area contributed by atoms with Gasteiger partial charge in [-0.25, -0.2) is 0 Å². The molecule has 0 atom stereocenters. The molecule has 8 heteroatoms. The first-order valence-electron chi connectivity index (χ1n) is 4.98. The largest absolute Gasteiger partial charge is 0.320 e. The van der Waals surface area contributed by atoms with Crippen molar-refractivity contribution >= 4 is 60.5 Å². The molecule has 0 aliphatic carbocycles. The van der Waals surface area contributed by atoms with Crippen molar-refractivity contribution in [2.45, 2.75) is 0 Å². The molecule has 2 aromatic rings. The maximum absolute atomic E-state index is 11.9. The maximum atomic E-state index is 11.9. The minimum absolute atomic E-state index is 0.0779. The van der Waals surface area contributed by atoms with E-state index in [1.54, 1.807) is 12.1 Å². The van der Waals surface area contributed by atoms with Crippen LogP contribution in [0.1, 0.15) is 9.67 Å². The van der Waals surface area contributed by atoms with E-state index >= 15 is 0 Å². The van der Waals surface area contributed by atoms with Crippen molar-refractivity contribution < 1.29 is 9.72 Å². The summed E-state index contributed by atoms with van der Waals surface area (Å²) in [6, 6.07) is 7.64. The summed E-state index contributed by atoms with van der Waals surface area (Å²) in [4.78, 5) is 22.7. The predicted octanol–water partition coefficient (Wildman–Crippen LogP) is 4.43. The molecule has 0 aliphatic rings. The van der Waals surface area contributed by atoms with Crippen LogP contribution in [0, 0.1) is 10.1 Å². The van der Waals surface area contributed by atoms with Gasteiger partial charge < -0.3 is 5.32 Å². The average Bonchev–Trinajstić information content (AvgIpc) is 2.78. The zero-order valence-corrected chi connectivity index (χ0v) is 13.2. The predicted molar refractivity (Wildman–Crippen MR) is 80.8 cm³/mol. The van der Waals surface area contributed by atoms with Gasteiger partial charge in [0.2, 0.25) is 0 Å². The van der Waals surface area contributed by atoms with Gasteiger partial charge in [0, 0.05) is 16.6 Å². The average molecular weight is 406 g/mol. The van der Waals surface area contributed by atoms with Gasteiger partial charge in [-0.3, -0.25) is 14.9 Å². The molecule has 1 amide bonds. The SMILES string of the molecule is O=C(Nc1cc([N+](=O)[O-])ccc1Br)c1ccc(Br)s1. The van der Waals surface area contributed by atoms with Gasteiger partial charge >= 0.3 is 0 Å². The number of halogens is 2. The molecule has 0 radical (unpaired) electrons. The highest BCUT2D eigenvalue weighted by Crippen LogP contribution is 2.29. The molecular formula is C11H6Br2N2O3S. The normalized spacial score (nSPS) is 10.2. The Labute approximate surface area is 129 Å². The van der Waals surface area contributed by atoms with E-state index in [4.69, 9.17) is 0 Å². The molecule has 98 valence electrons. The van der Waals surface area contributed by atoms with Crippen molar-refractivity contribution in [3.63, 3.8) is 0 Å². The van der Waals surface area contributed by atoms with E-state index in [-0.39, 0.29) is 11.6 Å². The van der Waals surface area contributed by atoms with E-state index in [1.165, 1.54) is 29.5 Å². The van der Waals surface area contributed by atoms with Crippen molar-refractivity contribution in [3.05, 3.63) is 53.6 Å². The lowest BCUT2D eigenvalue weighted by Crippen LogP contribution is -2.10. The van der Waals surface area contributed by atoms with Crippen molar-refractivity contribution in [1.82, 2.24) is 0 Å². The molecule has 5 nitrogen and oxygen atoms in total. The molecule has 1 aromatic heterocycles. The topological polar surface area (TPSA) is 72.2 Å². The standard InChI is InChI=1S/C11H6Br2N2O3S/c12-7-2-1-6(15(17)18)5-8(7)14-11(16)9-3-4-10(13)19-9/h1-5H,(H,14,16). The Balaban J connectivity index is 2.25. The summed E-state index contributed by atoms with van der Waals surface area (Å²) < 4.78 is 1.43. The molecule has 0 bridgehead atoms. The quantitative estimate of drug-likeness (QED) is 0.606. The highest BCUT2D eigenvalue weighted by Gasteiger charge is 2.14. The fourth-order valence-corrected chi connectivity index (χ4v) is 2.97. The van der Waals surface area contributed by atoms with Crippen LogP contribution in [0.3, 0.4) is 0 Å². The zero-order valence-electron chi connectivity index (χ0n) is 9.22. The summed E-state index contributed by atoms with van der Waals surface area (Å²) in [5.41, 5.74) is 0.287. The van der Waals surface area contributed by atoms with E-state index in [1.807, 2.05) is 0 Å². The number of nitro benzene ring substituents is 1. The lowest BCUT2D eigenvalue weighted by Gasteiger charge is -2.05. The number of nitrogens with zero attached hydrogens (tertiary/aromatic N) is 1. The number of hydrogen-bond acceptors (Lipinski definition) is 4. The number of amides is 1. The number of non-ortho nitro benzene ring substituents is 1. The van der Waals surface area contributed by atoms with E-state index in [0.717, 1.165) is 3.79 Å². The van der Waals surface area contributed by atoms with Gasteiger partial charge in [0.15, 0.2) is 0 Å². The van der Waals surface area contributed by atoms with Gasteiger partial charge in [0.25, 0.3) is 11.6 Å². The van der Waals surface area contributed by atoms with Crippen LogP contribution >= 0.6 is 43.2 Å². The number of nitro groups is 1. The second kappa shape index (κ2) is 5.81. The number of hydrogen-bond donors (Lipinski definition) is 1. The smallest absolute Gasteiger partial charge is 0.271 e. The Hall–Kier alpha value is -1.25. The van der Waals surface area contributed by atoms with Crippen molar-refractivity contribution in [3.8, 4) is 0 Å². The van der Waals surface area contributed by atoms with Gasteiger partial charge in [0.1, 0.15) is 0 Å². The molecule has 2 rings (SSSR count). The molecule has 0 saturated heterocycles. The second-order valence-corrected chi connectivity index (χ2v) is 6.80. The molecule has 0 aliphatic heterocycles. The van der Waals surface area contributed by atoms with Crippen LogP contribution in [0.5, 0.6) is 0 Å². The van der Waals surface area contributed by atoms with Crippen LogP contribution in [0.4, 0.5) is 11.4 Å². The van der Waals surface area contributed by atoms with Gasteiger partial charge in [-0.05, 0) is 50.1 Å². The van der Waals surface area contributed by atoms with Gasteiger partial charge in [-0.2, -0.15) is 0 Å². The number of anilines is 1. The Morgan fingerprint density at radius 1 is 1.26 bits per heavy atom. The van der Waals surface area contributed by atoms with Crippen LogP contribution in [0.25, 0.3) is 0 Å². The molecule has 1 heterocycles. The van der Waals surface area contributed by atoms with Crippen LogP contribution in [0.15, 0.2) is 38.6 Å². The number of nitrogens with one attached hydrogen (secondary N) is 1. The first kappa shape index (κ1) is 14.2. The fraction of sp³-hybridized carbons (Fsp3) is 0. The number of carbonyl (C=O) groups excluding carboxylic acids is 1. The highest BCUT2D eigenvalue weighted by molar-refractivity contribution is 9.11. The molecule has 0 fully saturated rings. The molecule has 19 heavy (non-hydrogen) atoms. The van der Waals surface area contributed by atoms with Crippen LogP contribution < -0.4 is 5.32 Å². The molecule has 0 spiro atoms. The number of rotatable bonds is 3. The maximum Gasteiger partial charge on any atom is 0.271 e. The third-order valence-corrected chi connectivity index (χ3v) is 4.52. The third-order valence-electron chi connectivity index (χ3n) is 2.21. The van der Waals surface area contributed by atoms with Crippen molar-refractivity contribution in [1.29, 1.82) is 0 Å². The van der Waals surface area contributed by atoms with Crippen molar-refractivity contribution in [2.24, 2.45) is 0 Å². The van der Waals surface area contributed by atoms with Gasteiger partial charge in [-0.15, -0.1) is 11.3 Å². The Bertz CT molecular complexity index is 657. The lowest BCUT2D eigenvalue weighted by atomic mass is 10.2. The van der Waals surface area contributed by atoms with Gasteiger partial charge in [0.05, 0.1) is 19.3 Å². The summed E-state index contributed by atoms with van der Waals surface area (Å²) in [6.45, 7) is 0. The number of benzene rings is 1. The fourth-order valence-electron chi connectivity index (χ4n) is 1.34. The summed E-state index contributed by atoms with van der Waals surface area (Å²) >= 11 is 7.80. The first-order chi connectivity index (χ1) is 8.97. The summed E-state index contributed by atoms with van der Waals surface area (Å²) in [7, 11) is 0. The summed E-state index contributed by atoms with van der Waals surface area (Å²) in [5.74, 6) is -0.308. The highest BCUT2D eigenvalue weighted by atomic mass is 79.9. The lowest BCUT2D eigenvalue weighted by molar-refractivity contribution is -0.384. The zero-order chi connectivity index (χ0) is 14.0. The van der Waals surface area contributed by atoms with Crippen LogP contribution in [-0.2, 0) is 0 Å². The Kier molecular flexibility index (Phi) is 4.33. The Morgan fingerprint density at radius 2 is 2.00 bits per heavy atom. The molecule has 1 aromatic carbocycles. The van der Waals surface area contributed by atoms with E-state index in [9.17, 15) is 14.9 Å². The van der Waals surface area contributed by atoms with Gasteiger partial charge in [-0.1, -0.05) is 0 Å². The van der Waals surface area contributed by atoms with Crippen LogP contribution in [0.2, 0.25) is 0 Å². The van der Waals surface area contributed by atoms with Crippen LogP contribution in [-0.4, -0.2) is 10.8 Å². The van der Waals surface area contributed by atoms with E-state index in [2.05, 4.69) is 37.2 Å². The summed E-state index contributed by atoms with van der Waals surface area (Å²) in [6.07, 6.45) is 0.